The van der Waals surface area contributed by atoms with Crippen LogP contribution in [0.4, 0.5) is 11.4 Å². The number of carbonyl (C=O) groups is 2. The van der Waals surface area contributed by atoms with Gasteiger partial charge in [-0.25, -0.2) is 0 Å². The molecule has 2 atom stereocenters. The maximum Gasteiger partial charge on any atom is 0.270 e. The Balaban J connectivity index is 1.48. The number of halogens is 1. The normalized spacial score (nSPS) is 16.8. The van der Waals surface area contributed by atoms with Gasteiger partial charge in [-0.05, 0) is 42.7 Å². The van der Waals surface area contributed by atoms with Crippen molar-refractivity contribution >= 4 is 34.8 Å². The predicted octanol–water partition coefficient (Wildman–Crippen LogP) is 5.49. The molecule has 1 fully saturated rings. The first-order chi connectivity index (χ1) is 15.7. The van der Waals surface area contributed by atoms with Crippen molar-refractivity contribution in [2.75, 3.05) is 12.4 Å². The number of furan rings is 1. The lowest BCUT2D eigenvalue weighted by molar-refractivity contribution is -0.384. The number of nitro groups is 1. The molecule has 2 amide bonds. The second-order valence-corrected chi connectivity index (χ2v) is 8.61. The summed E-state index contributed by atoms with van der Waals surface area (Å²) in [7, 11) is 1.66. The van der Waals surface area contributed by atoms with Gasteiger partial charge in [-0.1, -0.05) is 30.7 Å². The van der Waals surface area contributed by atoms with Crippen LogP contribution in [-0.2, 0) is 6.54 Å². The lowest BCUT2D eigenvalue weighted by Crippen LogP contribution is -2.27. The maximum atomic E-state index is 13.1. The van der Waals surface area contributed by atoms with Gasteiger partial charge in [-0.2, -0.15) is 0 Å². The Hall–Kier alpha value is -3.65. The molecule has 0 spiro atoms. The number of hydrogen-bond acceptors (Lipinski definition) is 5. The number of nitrogens with zero attached hydrogens (tertiary/aromatic N) is 2. The molecule has 9 heteroatoms. The summed E-state index contributed by atoms with van der Waals surface area (Å²) in [6.45, 7) is 2.47. The monoisotopic (exact) mass is 467 g/mol. The highest BCUT2D eigenvalue weighted by Gasteiger charge is 2.36. The molecule has 0 bridgehead atoms. The van der Waals surface area contributed by atoms with Crippen LogP contribution < -0.4 is 5.32 Å². The van der Waals surface area contributed by atoms with E-state index in [1.165, 1.54) is 17.0 Å². The number of rotatable bonds is 7. The van der Waals surface area contributed by atoms with E-state index in [0.29, 0.717) is 28.8 Å². The standard InChI is InChI=1S/C24H22ClN3O5/c1-14-11-19(14)22-10-8-16(33-22)13-27(2)24(30)18-5-3-4-6-21(18)26-23(29)17-9-7-15(28(31)32)12-20(17)25/h3-10,12,14,19H,11,13H2,1-2H3,(H,26,29). The number of carbonyl (C=O) groups excluding carboxylic acids is 2. The quantitative estimate of drug-likeness (QED) is 0.365. The third-order valence-electron chi connectivity index (χ3n) is 5.71. The van der Waals surface area contributed by atoms with Crippen molar-refractivity contribution < 1.29 is 18.9 Å². The summed E-state index contributed by atoms with van der Waals surface area (Å²) in [5, 5.41) is 13.5. The van der Waals surface area contributed by atoms with Crippen LogP contribution in [0.1, 0.15) is 51.5 Å². The van der Waals surface area contributed by atoms with Crippen molar-refractivity contribution in [3.05, 3.63) is 92.4 Å². The molecule has 1 aromatic heterocycles. The van der Waals surface area contributed by atoms with Gasteiger partial charge >= 0.3 is 0 Å². The van der Waals surface area contributed by atoms with Crippen LogP contribution in [-0.4, -0.2) is 28.7 Å². The Labute approximate surface area is 195 Å². The molecule has 0 saturated heterocycles. The number of benzene rings is 2. The van der Waals surface area contributed by atoms with Gasteiger partial charge in [0.2, 0.25) is 0 Å². The SMILES string of the molecule is CC1CC1c1ccc(CN(C)C(=O)c2ccccc2NC(=O)c2ccc([N+](=O)[O-])cc2Cl)o1. The average Bonchev–Trinajstić information content (AvgIpc) is 3.33. The van der Waals surface area contributed by atoms with Crippen molar-refractivity contribution in [1.29, 1.82) is 0 Å². The molecule has 2 aromatic carbocycles. The van der Waals surface area contributed by atoms with E-state index < -0.39 is 10.8 Å². The minimum absolute atomic E-state index is 0.0544. The lowest BCUT2D eigenvalue weighted by Gasteiger charge is -2.18. The third kappa shape index (κ3) is 4.90. The second kappa shape index (κ2) is 9.07. The number of para-hydroxylation sites is 1. The average molecular weight is 468 g/mol. The molecule has 1 saturated carbocycles. The molecule has 1 aliphatic rings. The van der Waals surface area contributed by atoms with Gasteiger partial charge in [0.15, 0.2) is 0 Å². The van der Waals surface area contributed by atoms with E-state index >= 15 is 0 Å². The van der Waals surface area contributed by atoms with Gasteiger partial charge in [0.25, 0.3) is 17.5 Å². The highest BCUT2D eigenvalue weighted by molar-refractivity contribution is 6.34. The van der Waals surface area contributed by atoms with Gasteiger partial charge in [-0.15, -0.1) is 0 Å². The minimum atomic E-state index is -0.593. The summed E-state index contributed by atoms with van der Waals surface area (Å²) < 4.78 is 5.90. The van der Waals surface area contributed by atoms with Gasteiger partial charge in [0.05, 0.1) is 33.3 Å². The van der Waals surface area contributed by atoms with Crippen LogP contribution in [0.25, 0.3) is 0 Å². The number of amides is 2. The van der Waals surface area contributed by atoms with Crippen molar-refractivity contribution in [2.24, 2.45) is 5.92 Å². The molecule has 1 heterocycles. The Morgan fingerprint density at radius 2 is 1.91 bits per heavy atom. The highest BCUT2D eigenvalue weighted by atomic mass is 35.5. The Morgan fingerprint density at radius 1 is 1.18 bits per heavy atom. The van der Waals surface area contributed by atoms with E-state index in [2.05, 4.69) is 12.2 Å². The highest BCUT2D eigenvalue weighted by Crippen LogP contribution is 2.47. The van der Waals surface area contributed by atoms with Crippen LogP contribution in [0.15, 0.2) is 59.0 Å². The van der Waals surface area contributed by atoms with Gasteiger partial charge in [-0.3, -0.25) is 19.7 Å². The molecule has 4 rings (SSSR count). The van der Waals surface area contributed by atoms with E-state index in [4.69, 9.17) is 16.0 Å². The molecule has 2 unspecified atom stereocenters. The van der Waals surface area contributed by atoms with Crippen LogP contribution in [0.3, 0.4) is 0 Å². The Bertz CT molecular complexity index is 1240. The summed E-state index contributed by atoms with van der Waals surface area (Å²) in [4.78, 5) is 37.7. The van der Waals surface area contributed by atoms with Crippen LogP contribution >= 0.6 is 11.6 Å². The Kier molecular flexibility index (Phi) is 6.20. The fraction of sp³-hybridized carbons (Fsp3) is 0.250. The zero-order valence-corrected chi connectivity index (χ0v) is 18.8. The second-order valence-electron chi connectivity index (χ2n) is 8.21. The van der Waals surface area contributed by atoms with Gasteiger partial charge in [0.1, 0.15) is 11.5 Å². The number of nitrogens with one attached hydrogen (secondary N) is 1. The minimum Gasteiger partial charge on any atom is -0.464 e. The van der Waals surface area contributed by atoms with Crippen molar-refractivity contribution in [1.82, 2.24) is 4.90 Å². The zero-order chi connectivity index (χ0) is 23.7. The van der Waals surface area contributed by atoms with Crippen molar-refractivity contribution in [3.8, 4) is 0 Å². The Morgan fingerprint density at radius 3 is 2.58 bits per heavy atom. The molecule has 1 aliphatic carbocycles. The first-order valence-electron chi connectivity index (χ1n) is 10.4. The van der Waals surface area contributed by atoms with E-state index in [0.717, 1.165) is 18.2 Å². The third-order valence-corrected chi connectivity index (χ3v) is 6.02. The maximum absolute atomic E-state index is 13.1. The molecular formula is C24H22ClN3O5. The van der Waals surface area contributed by atoms with E-state index in [-0.39, 0.29) is 28.7 Å². The number of hydrogen-bond donors (Lipinski definition) is 1. The van der Waals surface area contributed by atoms with Crippen LogP contribution in [0, 0.1) is 16.0 Å². The molecule has 33 heavy (non-hydrogen) atoms. The number of non-ortho nitro benzene ring substituents is 1. The van der Waals surface area contributed by atoms with Crippen molar-refractivity contribution in [2.45, 2.75) is 25.8 Å². The molecular weight excluding hydrogens is 446 g/mol. The molecule has 0 aliphatic heterocycles. The largest absolute Gasteiger partial charge is 0.464 e. The topological polar surface area (TPSA) is 106 Å². The zero-order valence-electron chi connectivity index (χ0n) is 18.1. The fourth-order valence-electron chi connectivity index (χ4n) is 3.68. The summed E-state index contributed by atoms with van der Waals surface area (Å²) in [6, 6.07) is 14.1. The summed E-state index contributed by atoms with van der Waals surface area (Å²) in [5.74, 6) is 1.86. The fourth-order valence-corrected chi connectivity index (χ4v) is 3.94. The van der Waals surface area contributed by atoms with Crippen LogP contribution in [0.2, 0.25) is 5.02 Å². The summed E-state index contributed by atoms with van der Waals surface area (Å²) in [6.07, 6.45) is 1.12. The molecule has 3 aromatic rings. The first kappa shape index (κ1) is 22.5. The summed E-state index contributed by atoms with van der Waals surface area (Å²) >= 11 is 6.06. The lowest BCUT2D eigenvalue weighted by atomic mass is 10.1. The molecule has 8 nitrogen and oxygen atoms in total. The van der Waals surface area contributed by atoms with E-state index in [9.17, 15) is 19.7 Å². The number of anilines is 1. The predicted molar refractivity (Wildman–Crippen MR) is 124 cm³/mol. The molecule has 170 valence electrons. The smallest absolute Gasteiger partial charge is 0.270 e. The number of nitro benzene ring substituents is 1. The van der Waals surface area contributed by atoms with Gasteiger partial charge in [0, 0.05) is 25.1 Å². The summed E-state index contributed by atoms with van der Waals surface area (Å²) in [5.41, 5.74) is 0.455. The molecule has 0 radical (unpaired) electrons. The van der Waals surface area contributed by atoms with E-state index in [1.807, 2.05) is 12.1 Å². The van der Waals surface area contributed by atoms with E-state index in [1.54, 1.807) is 31.3 Å². The molecule has 1 N–H and O–H groups in total. The van der Waals surface area contributed by atoms with Crippen molar-refractivity contribution in [3.63, 3.8) is 0 Å². The first-order valence-corrected chi connectivity index (χ1v) is 10.8. The van der Waals surface area contributed by atoms with Gasteiger partial charge < -0.3 is 14.6 Å². The van der Waals surface area contributed by atoms with Crippen LogP contribution in [0.5, 0.6) is 0 Å².